The summed E-state index contributed by atoms with van der Waals surface area (Å²) in [6.07, 6.45) is 6.04. The molecule has 0 amide bonds. The van der Waals surface area contributed by atoms with E-state index in [1.807, 2.05) is 0 Å². The predicted octanol–water partition coefficient (Wildman–Crippen LogP) is 1.89. The number of pyridine rings is 1. The van der Waals surface area contributed by atoms with Crippen molar-refractivity contribution in [3.8, 4) is 0 Å². The molecule has 7 heteroatoms. The van der Waals surface area contributed by atoms with Gasteiger partial charge in [0.1, 0.15) is 5.15 Å². The number of nitrogens with one attached hydrogen (secondary N) is 1. The average Bonchev–Trinajstić information content (AvgIpc) is 2.67. The molecule has 0 spiro atoms. The van der Waals surface area contributed by atoms with E-state index in [0.717, 1.165) is 12.8 Å². The largest absolute Gasteiger partial charge is 0.300 e. The molecule has 1 aromatic heterocycles. The zero-order valence-electron chi connectivity index (χ0n) is 12.0. The summed E-state index contributed by atoms with van der Waals surface area (Å²) in [7, 11) is -1.32. The number of hydrogen-bond acceptors (Lipinski definition) is 4. The third-order valence-electron chi connectivity index (χ3n) is 4.77. The quantitative estimate of drug-likeness (QED) is 0.857. The van der Waals surface area contributed by atoms with E-state index in [1.54, 1.807) is 0 Å². The number of halogens is 1. The van der Waals surface area contributed by atoms with Crippen LogP contribution in [0, 0.1) is 5.92 Å². The third kappa shape index (κ3) is 3.23. The number of piperidine rings is 1. The number of rotatable bonds is 4. The first kappa shape index (κ1) is 15.2. The Bertz CT molecular complexity index is 608. The Hall–Kier alpha value is -0.690. The molecule has 1 N–H and O–H groups in total. The topological polar surface area (TPSA) is 62.3 Å². The summed E-state index contributed by atoms with van der Waals surface area (Å²) < 4.78 is 27.2. The highest BCUT2D eigenvalue weighted by atomic mass is 35.5. The van der Waals surface area contributed by atoms with Crippen molar-refractivity contribution in [2.24, 2.45) is 5.92 Å². The van der Waals surface area contributed by atoms with Crippen molar-refractivity contribution in [2.45, 2.75) is 42.7 Å². The van der Waals surface area contributed by atoms with Crippen molar-refractivity contribution in [3.63, 3.8) is 0 Å². The van der Waals surface area contributed by atoms with Gasteiger partial charge in [0.15, 0.2) is 0 Å². The fourth-order valence-electron chi connectivity index (χ4n) is 3.55. The van der Waals surface area contributed by atoms with Gasteiger partial charge in [-0.3, -0.25) is 0 Å². The minimum Gasteiger partial charge on any atom is -0.300 e. The lowest BCUT2D eigenvalue weighted by molar-refractivity contribution is 0.135. The van der Waals surface area contributed by atoms with E-state index in [2.05, 4.69) is 21.7 Å². The maximum atomic E-state index is 12.3. The fraction of sp³-hybridized carbons (Fsp3) is 0.643. The molecule has 0 radical (unpaired) electrons. The number of nitrogens with zero attached hydrogens (tertiary/aromatic N) is 2. The van der Waals surface area contributed by atoms with E-state index >= 15 is 0 Å². The molecule has 1 aromatic rings. The lowest BCUT2D eigenvalue weighted by Gasteiger charge is -2.36. The molecule has 5 nitrogen and oxygen atoms in total. The highest BCUT2D eigenvalue weighted by molar-refractivity contribution is 7.89. The first-order valence-electron chi connectivity index (χ1n) is 7.29. The molecule has 2 unspecified atom stereocenters. The van der Waals surface area contributed by atoms with E-state index in [-0.39, 0.29) is 10.0 Å². The molecule has 21 heavy (non-hydrogen) atoms. The molecule has 2 fully saturated rings. The Labute approximate surface area is 130 Å². The predicted molar refractivity (Wildman–Crippen MR) is 81.7 cm³/mol. The van der Waals surface area contributed by atoms with Crippen molar-refractivity contribution >= 4 is 21.6 Å². The highest BCUT2D eigenvalue weighted by Crippen LogP contribution is 2.37. The van der Waals surface area contributed by atoms with Gasteiger partial charge < -0.3 is 4.90 Å². The van der Waals surface area contributed by atoms with Crippen LogP contribution in [0.1, 0.15) is 25.7 Å². The Balaban J connectivity index is 1.63. The zero-order valence-corrected chi connectivity index (χ0v) is 13.6. The molecule has 2 atom stereocenters. The van der Waals surface area contributed by atoms with E-state index < -0.39 is 10.0 Å². The SMILES string of the molecule is CN1C2CCC1CC(CNS(=O)(=O)c1ccnc(Cl)c1)C2. The Morgan fingerprint density at radius 1 is 1.38 bits per heavy atom. The van der Waals surface area contributed by atoms with Gasteiger partial charge in [-0.15, -0.1) is 0 Å². The lowest BCUT2D eigenvalue weighted by Crippen LogP contribution is -2.43. The molecule has 116 valence electrons. The maximum absolute atomic E-state index is 12.3. The van der Waals surface area contributed by atoms with Gasteiger partial charge in [-0.1, -0.05) is 11.6 Å². The van der Waals surface area contributed by atoms with Gasteiger partial charge in [0, 0.05) is 24.8 Å². The summed E-state index contributed by atoms with van der Waals surface area (Å²) in [6, 6.07) is 4.08. The van der Waals surface area contributed by atoms with Gasteiger partial charge in [0.25, 0.3) is 0 Å². The minimum absolute atomic E-state index is 0.179. The van der Waals surface area contributed by atoms with E-state index in [0.29, 0.717) is 24.5 Å². The molecule has 0 aliphatic carbocycles. The molecule has 2 aliphatic rings. The molecule has 2 saturated heterocycles. The number of sulfonamides is 1. The summed E-state index contributed by atoms with van der Waals surface area (Å²) in [5.41, 5.74) is 0. The van der Waals surface area contributed by atoms with Crippen LogP contribution < -0.4 is 4.72 Å². The van der Waals surface area contributed by atoms with Crippen LogP contribution in [-0.2, 0) is 10.0 Å². The second kappa shape index (κ2) is 5.83. The number of fused-ring (bicyclic) bond motifs is 2. The smallest absolute Gasteiger partial charge is 0.240 e. The van der Waals surface area contributed by atoms with Crippen LogP contribution in [-0.4, -0.2) is 44.0 Å². The molecule has 0 saturated carbocycles. The molecular weight excluding hydrogens is 310 g/mol. The Kier molecular flexibility index (Phi) is 4.23. The third-order valence-corrected chi connectivity index (χ3v) is 6.39. The second-order valence-electron chi connectivity index (χ2n) is 6.05. The molecule has 0 aromatic carbocycles. The van der Waals surface area contributed by atoms with Gasteiger partial charge in [-0.05, 0) is 50.8 Å². The van der Waals surface area contributed by atoms with Gasteiger partial charge in [-0.2, -0.15) is 0 Å². The first-order valence-corrected chi connectivity index (χ1v) is 9.15. The fourth-order valence-corrected chi connectivity index (χ4v) is 4.92. The van der Waals surface area contributed by atoms with Crippen LogP contribution in [0.2, 0.25) is 5.15 Å². The van der Waals surface area contributed by atoms with Crippen molar-refractivity contribution < 1.29 is 8.42 Å². The van der Waals surface area contributed by atoms with Crippen molar-refractivity contribution in [1.29, 1.82) is 0 Å². The van der Waals surface area contributed by atoms with Crippen LogP contribution >= 0.6 is 11.6 Å². The first-order chi connectivity index (χ1) is 9.95. The molecule has 2 aliphatic heterocycles. The molecule has 2 bridgehead atoms. The molecular formula is C14H20ClN3O2S. The van der Waals surface area contributed by atoms with E-state index in [4.69, 9.17) is 11.6 Å². The summed E-state index contributed by atoms with van der Waals surface area (Å²) in [4.78, 5) is 6.44. The number of aromatic nitrogens is 1. The highest BCUT2D eigenvalue weighted by Gasteiger charge is 2.38. The van der Waals surface area contributed by atoms with E-state index in [9.17, 15) is 8.42 Å². The molecule has 3 heterocycles. The summed E-state index contributed by atoms with van der Waals surface area (Å²) in [5.74, 6) is 0.422. The van der Waals surface area contributed by atoms with Crippen LogP contribution in [0.5, 0.6) is 0 Å². The Morgan fingerprint density at radius 2 is 2.05 bits per heavy atom. The minimum atomic E-state index is -3.50. The summed E-state index contributed by atoms with van der Waals surface area (Å²) in [5, 5.41) is 0.190. The van der Waals surface area contributed by atoms with Crippen molar-refractivity contribution in [2.75, 3.05) is 13.6 Å². The van der Waals surface area contributed by atoms with Crippen LogP contribution in [0.15, 0.2) is 23.2 Å². The average molecular weight is 330 g/mol. The summed E-state index contributed by atoms with van der Waals surface area (Å²) >= 11 is 5.75. The summed E-state index contributed by atoms with van der Waals surface area (Å²) in [6.45, 7) is 0.503. The number of hydrogen-bond donors (Lipinski definition) is 1. The molecule has 3 rings (SSSR count). The van der Waals surface area contributed by atoms with Gasteiger partial charge in [-0.25, -0.2) is 18.1 Å². The van der Waals surface area contributed by atoms with Crippen molar-refractivity contribution in [3.05, 3.63) is 23.5 Å². The lowest BCUT2D eigenvalue weighted by atomic mass is 9.91. The van der Waals surface area contributed by atoms with Crippen LogP contribution in [0.25, 0.3) is 0 Å². The van der Waals surface area contributed by atoms with Gasteiger partial charge in [0.2, 0.25) is 10.0 Å². The standard InChI is InChI=1S/C14H20ClN3O2S/c1-18-11-2-3-12(18)7-10(6-11)9-17-21(19,20)13-4-5-16-14(15)8-13/h4-5,8,10-12,17H,2-3,6-7,9H2,1H3. The van der Waals surface area contributed by atoms with Crippen molar-refractivity contribution in [1.82, 2.24) is 14.6 Å². The Morgan fingerprint density at radius 3 is 2.67 bits per heavy atom. The van der Waals surface area contributed by atoms with Crippen LogP contribution in [0.3, 0.4) is 0 Å². The van der Waals surface area contributed by atoms with Gasteiger partial charge >= 0.3 is 0 Å². The maximum Gasteiger partial charge on any atom is 0.240 e. The van der Waals surface area contributed by atoms with Crippen LogP contribution in [0.4, 0.5) is 0 Å². The zero-order chi connectivity index (χ0) is 15.0. The normalized spacial score (nSPS) is 29.7. The monoisotopic (exact) mass is 329 g/mol. The van der Waals surface area contributed by atoms with Gasteiger partial charge in [0.05, 0.1) is 4.90 Å². The van der Waals surface area contributed by atoms with E-state index in [1.165, 1.54) is 31.2 Å². The second-order valence-corrected chi connectivity index (χ2v) is 8.21.